The van der Waals surface area contributed by atoms with Gasteiger partial charge in [-0.1, -0.05) is 18.2 Å². The molecule has 5 nitrogen and oxygen atoms in total. The molecule has 0 aliphatic carbocycles. The number of hydrogen-bond acceptors (Lipinski definition) is 5. The predicted molar refractivity (Wildman–Crippen MR) is 91.0 cm³/mol. The van der Waals surface area contributed by atoms with Crippen molar-refractivity contribution < 1.29 is 22.7 Å². The monoisotopic (exact) mass is 367 g/mol. The van der Waals surface area contributed by atoms with Crippen LogP contribution in [0.25, 0.3) is 11.3 Å². The third kappa shape index (κ3) is 4.71. The van der Waals surface area contributed by atoms with Crippen LogP contribution in [0.4, 0.5) is 19.1 Å². The van der Waals surface area contributed by atoms with Crippen LogP contribution in [0.3, 0.4) is 0 Å². The minimum absolute atomic E-state index is 0.0700. The van der Waals surface area contributed by atoms with Gasteiger partial charge in [0.15, 0.2) is 5.69 Å². The summed E-state index contributed by atoms with van der Waals surface area (Å²) in [5, 5.41) is 0. The number of aromatic nitrogens is 2. The number of esters is 1. The van der Waals surface area contributed by atoms with E-state index in [1.54, 1.807) is 45.0 Å². The van der Waals surface area contributed by atoms with E-state index >= 15 is 0 Å². The fourth-order valence-corrected chi connectivity index (χ4v) is 2.51. The number of anilines is 1. The highest BCUT2D eigenvalue weighted by molar-refractivity contribution is 5.76. The number of alkyl halides is 3. The van der Waals surface area contributed by atoms with Crippen LogP contribution < -0.4 is 5.73 Å². The van der Waals surface area contributed by atoms with Gasteiger partial charge in [-0.25, -0.2) is 9.97 Å². The Morgan fingerprint density at radius 3 is 2.50 bits per heavy atom. The second kappa shape index (κ2) is 7.31. The Hall–Kier alpha value is -2.64. The van der Waals surface area contributed by atoms with Crippen molar-refractivity contribution in [3.63, 3.8) is 0 Å². The highest BCUT2D eigenvalue weighted by Crippen LogP contribution is 2.31. The number of benzene rings is 1. The first-order chi connectivity index (χ1) is 12.0. The molecular weight excluding hydrogens is 347 g/mol. The lowest BCUT2D eigenvalue weighted by Gasteiger charge is -2.22. The van der Waals surface area contributed by atoms with Crippen LogP contribution in [-0.4, -0.2) is 22.5 Å². The van der Waals surface area contributed by atoms with Gasteiger partial charge in [-0.15, -0.1) is 0 Å². The van der Waals surface area contributed by atoms with Crippen LogP contribution >= 0.6 is 0 Å². The van der Waals surface area contributed by atoms with E-state index in [1.807, 2.05) is 0 Å². The third-order valence-electron chi connectivity index (χ3n) is 3.73. The van der Waals surface area contributed by atoms with Gasteiger partial charge >= 0.3 is 12.1 Å². The SMILES string of the molecule is CCOC(=O)C(C)(C)Cc1cccc(-c2cc(C(F)(F)F)nc(N)n2)c1. The lowest BCUT2D eigenvalue weighted by Crippen LogP contribution is -2.29. The van der Waals surface area contributed by atoms with E-state index in [1.165, 1.54) is 0 Å². The fourth-order valence-electron chi connectivity index (χ4n) is 2.51. The summed E-state index contributed by atoms with van der Waals surface area (Å²) in [6.45, 7) is 5.51. The summed E-state index contributed by atoms with van der Waals surface area (Å²) < 4.78 is 43.9. The molecule has 0 fully saturated rings. The zero-order chi connectivity index (χ0) is 19.5. The quantitative estimate of drug-likeness (QED) is 0.812. The Morgan fingerprint density at radius 1 is 1.19 bits per heavy atom. The van der Waals surface area contributed by atoms with E-state index in [9.17, 15) is 18.0 Å². The molecule has 2 aromatic rings. The second-order valence-electron chi connectivity index (χ2n) is 6.48. The molecule has 0 radical (unpaired) electrons. The lowest BCUT2D eigenvalue weighted by molar-refractivity contribution is -0.153. The maximum Gasteiger partial charge on any atom is 0.433 e. The molecule has 1 aromatic heterocycles. The number of ether oxygens (including phenoxy) is 1. The van der Waals surface area contributed by atoms with Crippen LogP contribution in [0.5, 0.6) is 0 Å². The summed E-state index contributed by atoms with van der Waals surface area (Å²) in [7, 11) is 0. The smallest absolute Gasteiger partial charge is 0.433 e. The lowest BCUT2D eigenvalue weighted by atomic mass is 9.85. The Balaban J connectivity index is 2.35. The first-order valence-corrected chi connectivity index (χ1v) is 8.01. The number of nitrogen functional groups attached to an aromatic ring is 1. The number of nitrogens with two attached hydrogens (primary N) is 1. The van der Waals surface area contributed by atoms with Crippen LogP contribution in [0.1, 0.15) is 32.0 Å². The van der Waals surface area contributed by atoms with Crippen molar-refractivity contribution in [2.24, 2.45) is 5.41 Å². The van der Waals surface area contributed by atoms with Gasteiger partial charge in [0.2, 0.25) is 5.95 Å². The number of hydrogen-bond donors (Lipinski definition) is 1. The minimum atomic E-state index is -4.62. The summed E-state index contributed by atoms with van der Waals surface area (Å²) in [6.07, 6.45) is -4.25. The van der Waals surface area contributed by atoms with Crippen molar-refractivity contribution in [1.29, 1.82) is 0 Å². The fraction of sp³-hybridized carbons (Fsp3) is 0.389. The molecule has 8 heteroatoms. The molecule has 0 bridgehead atoms. The maximum absolute atomic E-state index is 12.9. The molecular formula is C18H20F3N3O2. The van der Waals surface area contributed by atoms with Crippen LogP contribution in [-0.2, 0) is 22.1 Å². The molecule has 0 atom stereocenters. The zero-order valence-electron chi connectivity index (χ0n) is 14.7. The molecule has 0 spiro atoms. The Labute approximate surface area is 149 Å². The van der Waals surface area contributed by atoms with E-state index in [0.29, 0.717) is 12.0 Å². The van der Waals surface area contributed by atoms with Gasteiger partial charge in [0.1, 0.15) is 0 Å². The second-order valence-corrected chi connectivity index (χ2v) is 6.48. The maximum atomic E-state index is 12.9. The van der Waals surface area contributed by atoms with Gasteiger partial charge in [0, 0.05) is 5.56 Å². The van der Waals surface area contributed by atoms with Gasteiger partial charge in [-0.05, 0) is 44.9 Å². The predicted octanol–water partition coefficient (Wildman–Crippen LogP) is 3.88. The van der Waals surface area contributed by atoms with E-state index in [4.69, 9.17) is 10.5 Å². The molecule has 0 aliphatic rings. The summed E-state index contributed by atoms with van der Waals surface area (Å²) in [5.41, 5.74) is 4.86. The van der Waals surface area contributed by atoms with Crippen molar-refractivity contribution in [3.8, 4) is 11.3 Å². The number of halogens is 3. The molecule has 26 heavy (non-hydrogen) atoms. The van der Waals surface area contributed by atoms with Crippen molar-refractivity contribution >= 4 is 11.9 Å². The topological polar surface area (TPSA) is 78.1 Å². The average molecular weight is 367 g/mol. The van der Waals surface area contributed by atoms with E-state index < -0.39 is 23.2 Å². The standard InChI is InChI=1S/C18H20F3N3O2/c1-4-26-15(25)17(2,3)10-11-6-5-7-12(8-11)13-9-14(18(19,20)21)24-16(22)23-13/h5-9H,4,10H2,1-3H3,(H2,22,23,24). The highest BCUT2D eigenvalue weighted by Gasteiger charge is 2.34. The molecule has 0 saturated heterocycles. The average Bonchev–Trinajstić information content (AvgIpc) is 2.53. The number of carbonyl (C=O) groups is 1. The molecule has 140 valence electrons. The van der Waals surface area contributed by atoms with E-state index in [2.05, 4.69) is 9.97 Å². The summed E-state index contributed by atoms with van der Waals surface area (Å²) >= 11 is 0. The third-order valence-corrected chi connectivity index (χ3v) is 3.73. The van der Waals surface area contributed by atoms with Crippen molar-refractivity contribution in [3.05, 3.63) is 41.6 Å². The normalized spacial score (nSPS) is 12.1. The van der Waals surface area contributed by atoms with Crippen LogP contribution in [0.2, 0.25) is 0 Å². The van der Waals surface area contributed by atoms with Crippen molar-refractivity contribution in [2.75, 3.05) is 12.3 Å². The molecule has 1 heterocycles. The molecule has 0 amide bonds. The van der Waals surface area contributed by atoms with Gasteiger partial charge < -0.3 is 10.5 Å². The zero-order valence-corrected chi connectivity index (χ0v) is 14.7. The van der Waals surface area contributed by atoms with Crippen LogP contribution in [0.15, 0.2) is 30.3 Å². The minimum Gasteiger partial charge on any atom is -0.466 e. The Morgan fingerprint density at radius 2 is 1.88 bits per heavy atom. The largest absolute Gasteiger partial charge is 0.466 e. The molecule has 0 unspecified atom stereocenters. The number of nitrogens with zero attached hydrogens (tertiary/aromatic N) is 2. The van der Waals surface area contributed by atoms with Gasteiger partial charge in [-0.2, -0.15) is 13.2 Å². The summed E-state index contributed by atoms with van der Waals surface area (Å²) in [4.78, 5) is 19.2. The van der Waals surface area contributed by atoms with Gasteiger partial charge in [0.25, 0.3) is 0 Å². The summed E-state index contributed by atoms with van der Waals surface area (Å²) in [6, 6.07) is 7.65. The van der Waals surface area contributed by atoms with E-state index in [0.717, 1.165) is 11.6 Å². The van der Waals surface area contributed by atoms with Crippen molar-refractivity contribution in [1.82, 2.24) is 9.97 Å². The Kier molecular flexibility index (Phi) is 5.53. The van der Waals surface area contributed by atoms with E-state index in [-0.39, 0.29) is 18.3 Å². The van der Waals surface area contributed by atoms with Crippen LogP contribution in [0, 0.1) is 5.41 Å². The molecule has 2 N–H and O–H groups in total. The molecule has 2 rings (SSSR count). The van der Waals surface area contributed by atoms with Gasteiger partial charge in [0.05, 0.1) is 17.7 Å². The first kappa shape index (κ1) is 19.7. The number of rotatable bonds is 5. The molecule has 0 aliphatic heterocycles. The first-order valence-electron chi connectivity index (χ1n) is 8.01. The Bertz CT molecular complexity index is 805. The van der Waals surface area contributed by atoms with Gasteiger partial charge in [-0.3, -0.25) is 4.79 Å². The number of carbonyl (C=O) groups excluding carboxylic acids is 1. The molecule has 1 aromatic carbocycles. The summed E-state index contributed by atoms with van der Waals surface area (Å²) in [5.74, 6) is -0.789. The van der Waals surface area contributed by atoms with Crippen molar-refractivity contribution in [2.45, 2.75) is 33.4 Å². The molecule has 0 saturated carbocycles. The highest BCUT2D eigenvalue weighted by atomic mass is 19.4.